The number of benzene rings is 2. The van der Waals surface area contributed by atoms with Crippen LogP contribution in [0.3, 0.4) is 0 Å². The number of nitrogens with zero attached hydrogens (tertiary/aromatic N) is 1. The van der Waals surface area contributed by atoms with Gasteiger partial charge in [0.1, 0.15) is 0 Å². The number of rotatable bonds is 9. The van der Waals surface area contributed by atoms with Crippen molar-refractivity contribution < 1.29 is 13.2 Å². The smallest absolute Gasteiger partial charge is 0.379 e. The van der Waals surface area contributed by atoms with Crippen molar-refractivity contribution in [1.82, 2.24) is 10.2 Å². The van der Waals surface area contributed by atoms with E-state index in [0.717, 1.165) is 25.1 Å². The molecule has 5 heteroatoms. The standard InChI is InChI=1S/C15H22N2.C13H15F3.C2H6/c1-5-14-8-6-7-13(2)15(14)9-11-17(4)12-10-16-3;1-4-9(2)7-11-6-5-10(3)12(8-11)13(14,15)16;1-2/h5-9,11,16H,1,10,12H2,2-4H3;5-6,8H,2,4,7H2,1,3H3;1-2H3/b11-9-;;. The molecule has 0 bridgehead atoms. The number of nitrogens with one attached hydrogen (secondary N) is 1. The first-order valence-corrected chi connectivity index (χ1v) is 12.1. The number of hydrogen-bond acceptors (Lipinski definition) is 2. The van der Waals surface area contributed by atoms with Crippen molar-refractivity contribution in [3.05, 3.63) is 94.7 Å². The maximum atomic E-state index is 12.6. The predicted molar refractivity (Wildman–Crippen MR) is 148 cm³/mol. The van der Waals surface area contributed by atoms with Crippen molar-refractivity contribution in [1.29, 1.82) is 0 Å². The van der Waals surface area contributed by atoms with E-state index in [1.165, 1.54) is 35.7 Å². The first-order chi connectivity index (χ1) is 16.5. The van der Waals surface area contributed by atoms with Crippen LogP contribution in [-0.2, 0) is 12.6 Å². The molecule has 2 nitrogen and oxygen atoms in total. The zero-order valence-corrected chi connectivity index (χ0v) is 22.5. The maximum absolute atomic E-state index is 12.6. The third-order valence-corrected chi connectivity index (χ3v) is 5.35. The van der Waals surface area contributed by atoms with E-state index in [4.69, 9.17) is 0 Å². The third-order valence-electron chi connectivity index (χ3n) is 5.35. The van der Waals surface area contributed by atoms with E-state index >= 15 is 0 Å². The number of halogens is 3. The molecule has 2 aromatic carbocycles. The normalized spacial score (nSPS) is 10.7. The summed E-state index contributed by atoms with van der Waals surface area (Å²) in [6, 6.07) is 10.7. The van der Waals surface area contributed by atoms with Crippen LogP contribution in [0.2, 0.25) is 0 Å². The van der Waals surface area contributed by atoms with E-state index < -0.39 is 11.7 Å². The summed E-state index contributed by atoms with van der Waals surface area (Å²) in [7, 11) is 4.05. The summed E-state index contributed by atoms with van der Waals surface area (Å²) in [5.41, 5.74) is 5.04. The lowest BCUT2D eigenvalue weighted by Crippen LogP contribution is -2.23. The molecule has 0 aliphatic carbocycles. The molecule has 35 heavy (non-hydrogen) atoms. The number of likely N-dealkylation sites (N-methyl/N-ethyl adjacent to an activating group) is 2. The number of hydrogen-bond donors (Lipinski definition) is 1. The van der Waals surface area contributed by atoms with Gasteiger partial charge in [0.05, 0.1) is 5.56 Å². The van der Waals surface area contributed by atoms with Gasteiger partial charge in [-0.05, 0) is 79.9 Å². The lowest BCUT2D eigenvalue weighted by molar-refractivity contribution is -0.138. The summed E-state index contributed by atoms with van der Waals surface area (Å²) < 4.78 is 37.9. The topological polar surface area (TPSA) is 15.3 Å². The molecule has 0 aliphatic heterocycles. The van der Waals surface area contributed by atoms with Crippen molar-refractivity contribution in [2.24, 2.45) is 0 Å². The monoisotopic (exact) mass is 488 g/mol. The van der Waals surface area contributed by atoms with Gasteiger partial charge in [-0.3, -0.25) is 0 Å². The van der Waals surface area contributed by atoms with Gasteiger partial charge in [0.2, 0.25) is 0 Å². The lowest BCUT2D eigenvalue weighted by Gasteiger charge is -2.14. The van der Waals surface area contributed by atoms with Crippen molar-refractivity contribution in [2.75, 3.05) is 27.2 Å². The van der Waals surface area contributed by atoms with E-state index in [9.17, 15) is 13.2 Å². The van der Waals surface area contributed by atoms with Gasteiger partial charge in [0, 0.05) is 20.1 Å². The second-order valence-electron chi connectivity index (χ2n) is 8.11. The summed E-state index contributed by atoms with van der Waals surface area (Å²) in [6.45, 7) is 19.2. The molecule has 0 unspecified atom stereocenters. The van der Waals surface area contributed by atoms with Crippen LogP contribution in [0, 0.1) is 13.8 Å². The molecule has 0 aromatic heterocycles. The molecule has 194 valence electrons. The second kappa shape index (κ2) is 16.8. The van der Waals surface area contributed by atoms with Crippen LogP contribution in [-0.4, -0.2) is 32.1 Å². The molecule has 0 saturated carbocycles. The molecule has 0 fully saturated rings. The van der Waals surface area contributed by atoms with Crippen LogP contribution in [0.4, 0.5) is 13.2 Å². The molecule has 1 N–H and O–H groups in total. The Morgan fingerprint density at radius 1 is 1.09 bits per heavy atom. The van der Waals surface area contributed by atoms with E-state index in [-0.39, 0.29) is 5.56 Å². The van der Waals surface area contributed by atoms with E-state index in [1.54, 1.807) is 6.07 Å². The Morgan fingerprint density at radius 2 is 1.74 bits per heavy atom. The van der Waals surface area contributed by atoms with E-state index in [2.05, 4.69) is 67.8 Å². The number of allylic oxidation sites excluding steroid dienone is 1. The summed E-state index contributed by atoms with van der Waals surface area (Å²) in [5, 5.41) is 3.14. The highest BCUT2D eigenvalue weighted by Crippen LogP contribution is 2.32. The maximum Gasteiger partial charge on any atom is 0.416 e. The van der Waals surface area contributed by atoms with E-state index in [0.29, 0.717) is 12.0 Å². The average molecular weight is 489 g/mol. The van der Waals surface area contributed by atoms with Gasteiger partial charge in [0.15, 0.2) is 0 Å². The van der Waals surface area contributed by atoms with Gasteiger partial charge in [-0.2, -0.15) is 13.2 Å². The van der Waals surface area contributed by atoms with Gasteiger partial charge < -0.3 is 10.2 Å². The molecule has 2 rings (SSSR count). The minimum Gasteiger partial charge on any atom is -0.379 e. The zero-order valence-electron chi connectivity index (χ0n) is 22.5. The highest BCUT2D eigenvalue weighted by atomic mass is 19.4. The first kappa shape index (κ1) is 32.2. The van der Waals surface area contributed by atoms with Crippen molar-refractivity contribution in [3.8, 4) is 0 Å². The quantitative estimate of drug-likeness (QED) is 0.357. The summed E-state index contributed by atoms with van der Waals surface area (Å²) in [4.78, 5) is 2.18. The van der Waals surface area contributed by atoms with E-state index in [1.807, 2.05) is 33.9 Å². The first-order valence-electron chi connectivity index (χ1n) is 12.1. The Bertz CT molecular complexity index is 943. The minimum absolute atomic E-state index is 0.262. The second-order valence-corrected chi connectivity index (χ2v) is 8.11. The van der Waals surface area contributed by atoms with Crippen LogP contribution in [0.15, 0.2) is 61.3 Å². The number of alkyl halides is 3. The molecular formula is C30H43F3N2. The molecule has 0 saturated heterocycles. The zero-order chi connectivity index (χ0) is 27.0. The minimum atomic E-state index is -4.27. The number of aryl methyl sites for hydroxylation is 2. The fourth-order valence-corrected chi connectivity index (χ4v) is 3.17. The Hall–Kier alpha value is -2.79. The molecule has 0 radical (unpaired) electrons. The molecule has 0 aliphatic rings. The highest BCUT2D eigenvalue weighted by molar-refractivity contribution is 5.66. The lowest BCUT2D eigenvalue weighted by atomic mass is 9.99. The summed E-state index contributed by atoms with van der Waals surface area (Å²) in [6.07, 6.45) is 3.21. The van der Waals surface area contributed by atoms with Crippen LogP contribution < -0.4 is 5.32 Å². The average Bonchev–Trinajstić information content (AvgIpc) is 2.83. The van der Waals surface area contributed by atoms with Crippen molar-refractivity contribution >= 4 is 12.2 Å². The molecule has 0 heterocycles. The molecule has 2 aromatic rings. The molecule has 0 amide bonds. The van der Waals surface area contributed by atoms with Gasteiger partial charge in [-0.15, -0.1) is 0 Å². The highest BCUT2D eigenvalue weighted by Gasteiger charge is 2.32. The fourth-order valence-electron chi connectivity index (χ4n) is 3.17. The van der Waals surface area contributed by atoms with Gasteiger partial charge in [0.25, 0.3) is 0 Å². The Balaban J connectivity index is 0.000000618. The predicted octanol–water partition coefficient (Wildman–Crippen LogP) is 8.31. The van der Waals surface area contributed by atoms with Crippen LogP contribution in [0.25, 0.3) is 12.2 Å². The molecular weight excluding hydrogens is 445 g/mol. The largest absolute Gasteiger partial charge is 0.416 e. The Labute approximate surface area is 211 Å². The summed E-state index contributed by atoms with van der Waals surface area (Å²) in [5.74, 6) is 0. The van der Waals surface area contributed by atoms with Crippen LogP contribution >= 0.6 is 0 Å². The van der Waals surface area contributed by atoms with Gasteiger partial charge in [-0.1, -0.05) is 75.9 Å². The Kier molecular flexibility index (Phi) is 15.4. The molecule has 0 spiro atoms. The third kappa shape index (κ3) is 11.9. The van der Waals surface area contributed by atoms with Crippen molar-refractivity contribution in [2.45, 2.75) is 53.6 Å². The van der Waals surface area contributed by atoms with Crippen LogP contribution in [0.1, 0.15) is 60.6 Å². The van der Waals surface area contributed by atoms with Crippen LogP contribution in [0.5, 0.6) is 0 Å². The Morgan fingerprint density at radius 3 is 2.29 bits per heavy atom. The van der Waals surface area contributed by atoms with Crippen molar-refractivity contribution in [3.63, 3.8) is 0 Å². The fraction of sp³-hybridized carbons (Fsp3) is 0.400. The summed E-state index contributed by atoms with van der Waals surface area (Å²) >= 11 is 0. The SMILES string of the molecule is C=C(CC)Cc1ccc(C)c(C(F)(F)F)c1.C=Cc1cccc(C)c1/C=C\N(C)CCNC.CC. The van der Waals surface area contributed by atoms with Gasteiger partial charge in [-0.25, -0.2) is 0 Å². The van der Waals surface area contributed by atoms with Gasteiger partial charge >= 0.3 is 6.18 Å². The molecule has 0 atom stereocenters.